The van der Waals surface area contributed by atoms with Crippen LogP contribution in [0, 0.1) is 0 Å². The van der Waals surface area contributed by atoms with Crippen molar-refractivity contribution in [3.63, 3.8) is 0 Å². The van der Waals surface area contributed by atoms with Crippen LogP contribution in [0.3, 0.4) is 0 Å². The number of furan rings is 2. The van der Waals surface area contributed by atoms with E-state index in [1.165, 1.54) is 0 Å². The summed E-state index contributed by atoms with van der Waals surface area (Å²) < 4.78 is 13.0. The molecule has 0 bridgehead atoms. The Morgan fingerprint density at radius 2 is 0.860 bits per heavy atom. The smallest absolute Gasteiger partial charge is 0.164 e. The zero-order valence-electron chi connectivity index (χ0n) is 30.6. The molecular formula is C51H32N4O2. The number of aromatic nitrogens is 3. The second kappa shape index (κ2) is 13.5. The molecule has 268 valence electrons. The Morgan fingerprint density at radius 3 is 1.61 bits per heavy atom. The van der Waals surface area contributed by atoms with Gasteiger partial charge in [0.05, 0.1) is 11.1 Å². The Hall–Kier alpha value is -7.83. The molecule has 0 aliphatic heterocycles. The summed E-state index contributed by atoms with van der Waals surface area (Å²) in [6, 6.07) is 66.2. The third kappa shape index (κ3) is 5.70. The Bertz CT molecular complexity index is 3230. The Labute approximate surface area is 328 Å². The van der Waals surface area contributed by atoms with Gasteiger partial charge in [0.15, 0.2) is 17.5 Å². The minimum atomic E-state index is 0.577. The largest absolute Gasteiger partial charge is 0.456 e. The summed E-state index contributed by atoms with van der Waals surface area (Å²) >= 11 is 0. The predicted octanol–water partition coefficient (Wildman–Crippen LogP) is 13.8. The molecule has 3 aromatic heterocycles. The van der Waals surface area contributed by atoms with Gasteiger partial charge in [-0.15, -0.1) is 0 Å². The zero-order valence-corrected chi connectivity index (χ0v) is 30.6. The van der Waals surface area contributed by atoms with Gasteiger partial charge in [-0.3, -0.25) is 0 Å². The van der Waals surface area contributed by atoms with Crippen molar-refractivity contribution in [2.75, 3.05) is 4.90 Å². The molecule has 0 saturated carbocycles. The number of rotatable bonds is 7. The highest BCUT2D eigenvalue weighted by atomic mass is 16.3. The normalized spacial score (nSPS) is 11.5. The molecule has 0 aliphatic rings. The van der Waals surface area contributed by atoms with Crippen molar-refractivity contribution in [1.29, 1.82) is 0 Å². The second-order valence-corrected chi connectivity index (χ2v) is 14.0. The topological polar surface area (TPSA) is 68.2 Å². The summed E-state index contributed by atoms with van der Waals surface area (Å²) in [5.74, 6) is 1.78. The lowest BCUT2D eigenvalue weighted by Gasteiger charge is -2.26. The molecule has 0 fully saturated rings. The number of hydrogen-bond donors (Lipinski definition) is 0. The standard InChI is InChI=1S/C51H32N4O2/c1-4-14-33(15-5-1)34-26-28-36(29-27-34)50-52-49(35-16-6-2-7-17-35)53-51(54-50)41-21-12-24-44-47(41)40-31-30-38(32-46(40)57-44)55(37-18-8-3-9-19-37)42-22-13-25-45-48(42)39-20-10-11-23-43(39)56-45/h1-32H. The maximum Gasteiger partial charge on any atom is 0.164 e. The third-order valence-electron chi connectivity index (χ3n) is 10.5. The zero-order chi connectivity index (χ0) is 37.7. The van der Waals surface area contributed by atoms with Crippen LogP contribution in [-0.2, 0) is 0 Å². The van der Waals surface area contributed by atoms with Crippen molar-refractivity contribution in [2.24, 2.45) is 0 Å². The molecule has 0 aliphatic carbocycles. The molecule has 0 spiro atoms. The SMILES string of the molecule is c1ccc(-c2ccc(-c3nc(-c4ccccc4)nc(-c4cccc5oc6cc(N(c7ccccc7)c7cccc8oc9ccccc9c78)ccc6c45)n3)cc2)cc1. The number of benzene rings is 8. The van der Waals surface area contributed by atoms with Crippen LogP contribution in [0.1, 0.15) is 0 Å². The molecule has 0 N–H and O–H groups in total. The fraction of sp³-hybridized carbons (Fsp3) is 0. The lowest BCUT2D eigenvalue weighted by Crippen LogP contribution is -2.10. The van der Waals surface area contributed by atoms with Crippen molar-refractivity contribution in [1.82, 2.24) is 15.0 Å². The van der Waals surface area contributed by atoms with E-state index in [0.29, 0.717) is 17.5 Å². The van der Waals surface area contributed by atoms with Gasteiger partial charge in [-0.2, -0.15) is 0 Å². The van der Waals surface area contributed by atoms with Crippen LogP contribution >= 0.6 is 0 Å². The predicted molar refractivity (Wildman–Crippen MR) is 231 cm³/mol. The number of para-hydroxylation sites is 2. The molecule has 11 aromatic rings. The first-order valence-electron chi connectivity index (χ1n) is 18.9. The van der Waals surface area contributed by atoms with Crippen LogP contribution < -0.4 is 4.90 Å². The van der Waals surface area contributed by atoms with Gasteiger partial charge >= 0.3 is 0 Å². The van der Waals surface area contributed by atoms with Gasteiger partial charge in [-0.1, -0.05) is 140 Å². The molecule has 6 nitrogen and oxygen atoms in total. The average Bonchev–Trinajstić information content (AvgIpc) is 3.86. The lowest BCUT2D eigenvalue weighted by molar-refractivity contribution is 0.669. The van der Waals surface area contributed by atoms with E-state index in [0.717, 1.165) is 88.8 Å². The Balaban J connectivity index is 1.07. The van der Waals surface area contributed by atoms with E-state index in [4.69, 9.17) is 23.8 Å². The highest BCUT2D eigenvalue weighted by Gasteiger charge is 2.22. The van der Waals surface area contributed by atoms with Crippen LogP contribution in [0.15, 0.2) is 203 Å². The van der Waals surface area contributed by atoms with E-state index < -0.39 is 0 Å². The maximum absolute atomic E-state index is 6.69. The molecule has 6 heteroatoms. The van der Waals surface area contributed by atoms with Gasteiger partial charge in [0.2, 0.25) is 0 Å². The van der Waals surface area contributed by atoms with Crippen LogP contribution in [0.2, 0.25) is 0 Å². The van der Waals surface area contributed by atoms with E-state index in [1.54, 1.807) is 0 Å². The van der Waals surface area contributed by atoms with Gasteiger partial charge in [0.1, 0.15) is 22.3 Å². The monoisotopic (exact) mass is 732 g/mol. The lowest BCUT2D eigenvalue weighted by atomic mass is 10.0. The van der Waals surface area contributed by atoms with E-state index in [2.05, 4.69) is 120 Å². The molecule has 8 aromatic carbocycles. The summed E-state index contributed by atoms with van der Waals surface area (Å²) in [5.41, 5.74) is 11.2. The summed E-state index contributed by atoms with van der Waals surface area (Å²) in [6.07, 6.45) is 0. The fourth-order valence-corrected chi connectivity index (χ4v) is 7.87. The van der Waals surface area contributed by atoms with Gasteiger partial charge in [0, 0.05) is 50.3 Å². The quantitative estimate of drug-likeness (QED) is 0.162. The highest BCUT2D eigenvalue weighted by molar-refractivity contribution is 6.15. The molecule has 0 unspecified atom stereocenters. The van der Waals surface area contributed by atoms with Crippen molar-refractivity contribution in [2.45, 2.75) is 0 Å². The van der Waals surface area contributed by atoms with E-state index >= 15 is 0 Å². The minimum Gasteiger partial charge on any atom is -0.456 e. The first-order chi connectivity index (χ1) is 28.2. The molecule has 0 amide bonds. The fourth-order valence-electron chi connectivity index (χ4n) is 7.87. The Kier molecular flexibility index (Phi) is 7.71. The number of hydrogen-bond acceptors (Lipinski definition) is 6. The summed E-state index contributed by atoms with van der Waals surface area (Å²) in [5, 5.41) is 4.04. The summed E-state index contributed by atoms with van der Waals surface area (Å²) in [4.78, 5) is 17.5. The van der Waals surface area contributed by atoms with Crippen molar-refractivity contribution in [3.8, 4) is 45.3 Å². The molecule has 3 heterocycles. The second-order valence-electron chi connectivity index (χ2n) is 14.0. The first kappa shape index (κ1) is 32.6. The van der Waals surface area contributed by atoms with Crippen LogP contribution in [0.4, 0.5) is 17.1 Å². The maximum atomic E-state index is 6.69. The number of nitrogens with zero attached hydrogens (tertiary/aromatic N) is 4. The van der Waals surface area contributed by atoms with E-state index in [9.17, 15) is 0 Å². The number of anilines is 3. The molecule has 11 rings (SSSR count). The van der Waals surface area contributed by atoms with Crippen molar-refractivity contribution >= 4 is 60.9 Å². The van der Waals surface area contributed by atoms with Gasteiger partial charge < -0.3 is 13.7 Å². The van der Waals surface area contributed by atoms with Gasteiger partial charge in [-0.05, 0) is 59.7 Å². The van der Waals surface area contributed by atoms with Crippen molar-refractivity contribution in [3.05, 3.63) is 194 Å². The molecule has 57 heavy (non-hydrogen) atoms. The number of fused-ring (bicyclic) bond motifs is 6. The van der Waals surface area contributed by atoms with Crippen LogP contribution in [0.25, 0.3) is 89.2 Å². The molecule has 0 saturated heterocycles. The van der Waals surface area contributed by atoms with E-state index in [-0.39, 0.29) is 0 Å². The molecule has 0 radical (unpaired) electrons. The van der Waals surface area contributed by atoms with Crippen molar-refractivity contribution < 1.29 is 8.83 Å². The summed E-state index contributed by atoms with van der Waals surface area (Å²) in [6.45, 7) is 0. The third-order valence-corrected chi connectivity index (χ3v) is 10.5. The Morgan fingerprint density at radius 1 is 0.333 bits per heavy atom. The molecular weight excluding hydrogens is 701 g/mol. The highest BCUT2D eigenvalue weighted by Crippen LogP contribution is 2.45. The first-order valence-corrected chi connectivity index (χ1v) is 18.9. The molecule has 0 atom stereocenters. The summed E-state index contributed by atoms with van der Waals surface area (Å²) in [7, 11) is 0. The van der Waals surface area contributed by atoms with Gasteiger partial charge in [0.25, 0.3) is 0 Å². The van der Waals surface area contributed by atoms with E-state index in [1.807, 2.05) is 78.9 Å². The van der Waals surface area contributed by atoms with Crippen LogP contribution in [0.5, 0.6) is 0 Å². The van der Waals surface area contributed by atoms with Crippen LogP contribution in [-0.4, -0.2) is 15.0 Å². The average molecular weight is 733 g/mol. The minimum absolute atomic E-state index is 0.577. The van der Waals surface area contributed by atoms with Gasteiger partial charge in [-0.25, -0.2) is 15.0 Å².